The van der Waals surface area contributed by atoms with Crippen LogP contribution in [0.25, 0.3) is 21.5 Å². The van der Waals surface area contributed by atoms with Crippen LogP contribution in [0.3, 0.4) is 0 Å². The van der Waals surface area contributed by atoms with E-state index in [0.717, 1.165) is 41.3 Å². The molecule has 0 saturated carbocycles. The molecule has 3 heterocycles. The van der Waals surface area contributed by atoms with E-state index < -0.39 is 11.5 Å². The molecule has 2 aromatic heterocycles. The molecule has 0 aliphatic carbocycles. The molecular weight excluding hydrogens is 466 g/mol. The van der Waals surface area contributed by atoms with Gasteiger partial charge in [-0.2, -0.15) is 5.10 Å². The van der Waals surface area contributed by atoms with Crippen LogP contribution in [-0.2, 0) is 11.3 Å². The van der Waals surface area contributed by atoms with Gasteiger partial charge in [-0.1, -0.05) is 41.7 Å². The summed E-state index contributed by atoms with van der Waals surface area (Å²) in [4.78, 5) is 33.2. The number of carbonyl (C=O) groups is 1. The summed E-state index contributed by atoms with van der Waals surface area (Å²) in [5.41, 5.74) is 1.87. The van der Waals surface area contributed by atoms with Gasteiger partial charge in [0.05, 0.1) is 24.6 Å². The zero-order chi connectivity index (χ0) is 24.4. The van der Waals surface area contributed by atoms with E-state index in [1.165, 1.54) is 23.1 Å². The van der Waals surface area contributed by atoms with Crippen molar-refractivity contribution in [1.29, 1.82) is 0 Å². The number of hydrogen-bond acceptors (Lipinski definition) is 8. The molecule has 10 heteroatoms. The van der Waals surface area contributed by atoms with Crippen molar-refractivity contribution in [2.24, 2.45) is 0 Å². The van der Waals surface area contributed by atoms with E-state index in [1.54, 1.807) is 25.3 Å². The summed E-state index contributed by atoms with van der Waals surface area (Å²) in [7, 11) is 3.06. The second-order valence-electron chi connectivity index (χ2n) is 8.16. The van der Waals surface area contributed by atoms with E-state index in [4.69, 9.17) is 9.47 Å². The lowest BCUT2D eigenvalue weighted by Crippen LogP contribution is -2.30. The zero-order valence-corrected chi connectivity index (χ0v) is 20.3. The molecule has 1 N–H and O–H groups in total. The molecule has 0 unspecified atom stereocenters. The first-order valence-electron chi connectivity index (χ1n) is 11.3. The van der Waals surface area contributed by atoms with Crippen LogP contribution in [0.2, 0.25) is 0 Å². The first-order chi connectivity index (χ1) is 17.1. The van der Waals surface area contributed by atoms with Crippen LogP contribution in [0, 0.1) is 0 Å². The Hall–Kier alpha value is -3.92. The third kappa shape index (κ3) is 4.57. The molecule has 1 fully saturated rings. The summed E-state index contributed by atoms with van der Waals surface area (Å²) in [5, 5.41) is 8.22. The van der Waals surface area contributed by atoms with Gasteiger partial charge in [-0.15, -0.1) is 0 Å². The molecule has 2 aromatic carbocycles. The van der Waals surface area contributed by atoms with E-state index in [-0.39, 0.29) is 6.54 Å². The minimum Gasteiger partial charge on any atom is -0.497 e. The molecule has 1 amide bonds. The minimum absolute atomic E-state index is 0.272. The number of amides is 1. The van der Waals surface area contributed by atoms with Crippen LogP contribution in [0.5, 0.6) is 11.5 Å². The van der Waals surface area contributed by atoms with E-state index in [1.807, 2.05) is 30.3 Å². The fraction of sp³-hybridized carbons (Fsp3) is 0.280. The van der Waals surface area contributed by atoms with Crippen molar-refractivity contribution in [3.8, 4) is 22.8 Å². The van der Waals surface area contributed by atoms with E-state index in [9.17, 15) is 9.59 Å². The average molecular weight is 492 g/mol. The summed E-state index contributed by atoms with van der Waals surface area (Å²) >= 11 is 1.48. The van der Waals surface area contributed by atoms with Crippen molar-refractivity contribution in [3.05, 3.63) is 58.9 Å². The monoisotopic (exact) mass is 491 g/mol. The molecular formula is C25H25N5O4S. The van der Waals surface area contributed by atoms with Crippen molar-refractivity contribution in [3.63, 3.8) is 0 Å². The summed E-state index contributed by atoms with van der Waals surface area (Å²) in [5.74, 6) is 0.634. The molecule has 35 heavy (non-hydrogen) atoms. The molecule has 1 aliphatic rings. The molecule has 1 saturated heterocycles. The predicted molar refractivity (Wildman–Crippen MR) is 137 cm³/mol. The van der Waals surface area contributed by atoms with Crippen molar-refractivity contribution in [1.82, 2.24) is 14.8 Å². The van der Waals surface area contributed by atoms with Gasteiger partial charge in [-0.3, -0.25) is 9.59 Å². The molecule has 180 valence electrons. The van der Waals surface area contributed by atoms with Gasteiger partial charge in [0.1, 0.15) is 23.7 Å². The SMILES string of the molecule is COc1ccc(OC)c(NC(=O)Cn2nc(-c3ccccc3)c3sc(N4CCCC4)nc3c2=O)c1. The standard InChI is InChI=1S/C25H25N5O4S/c1-33-17-10-11-19(34-2)18(14-17)26-20(31)15-30-24(32)22-23(21(28-30)16-8-4-3-5-9-16)35-25(27-22)29-12-6-7-13-29/h3-5,8-11,14H,6-7,12-13,15H2,1-2H3,(H,26,31). The number of rotatable bonds is 7. The number of aromatic nitrogens is 3. The number of hydrogen-bond donors (Lipinski definition) is 1. The van der Waals surface area contributed by atoms with Crippen LogP contribution in [-0.4, -0.2) is 48.0 Å². The molecule has 4 aromatic rings. The smallest absolute Gasteiger partial charge is 0.294 e. The van der Waals surface area contributed by atoms with Gasteiger partial charge in [0.15, 0.2) is 10.6 Å². The maximum atomic E-state index is 13.4. The number of methoxy groups -OCH3 is 2. The number of ether oxygens (including phenoxy) is 2. The third-order valence-electron chi connectivity index (χ3n) is 5.89. The Labute approximate surface area is 205 Å². The van der Waals surface area contributed by atoms with Gasteiger partial charge < -0.3 is 19.7 Å². The number of anilines is 2. The highest BCUT2D eigenvalue weighted by molar-refractivity contribution is 7.22. The van der Waals surface area contributed by atoms with E-state index in [0.29, 0.717) is 28.4 Å². The summed E-state index contributed by atoms with van der Waals surface area (Å²) in [6.07, 6.45) is 2.22. The Morgan fingerprint density at radius 1 is 1.09 bits per heavy atom. The zero-order valence-electron chi connectivity index (χ0n) is 19.5. The Bertz CT molecular complexity index is 1430. The average Bonchev–Trinajstić information content (AvgIpc) is 3.57. The van der Waals surface area contributed by atoms with Crippen LogP contribution in [0.4, 0.5) is 10.8 Å². The van der Waals surface area contributed by atoms with Crippen LogP contribution < -0.4 is 25.2 Å². The largest absolute Gasteiger partial charge is 0.497 e. The second kappa shape index (κ2) is 9.75. The number of benzene rings is 2. The number of fused-ring (bicyclic) bond motifs is 1. The normalized spacial score (nSPS) is 13.3. The first kappa shape index (κ1) is 22.9. The Balaban J connectivity index is 1.53. The van der Waals surface area contributed by atoms with E-state index >= 15 is 0 Å². The molecule has 0 spiro atoms. The highest BCUT2D eigenvalue weighted by Gasteiger charge is 2.22. The van der Waals surface area contributed by atoms with Crippen molar-refractivity contribution < 1.29 is 14.3 Å². The molecule has 0 radical (unpaired) electrons. The van der Waals surface area contributed by atoms with Gasteiger partial charge in [0.2, 0.25) is 5.91 Å². The van der Waals surface area contributed by atoms with Crippen molar-refractivity contribution in [2.45, 2.75) is 19.4 Å². The highest BCUT2D eigenvalue weighted by Crippen LogP contribution is 2.35. The molecule has 5 rings (SSSR count). The van der Waals surface area contributed by atoms with Crippen LogP contribution >= 0.6 is 11.3 Å². The number of nitrogens with one attached hydrogen (secondary N) is 1. The molecule has 1 aliphatic heterocycles. The lowest BCUT2D eigenvalue weighted by molar-refractivity contribution is -0.117. The Kier molecular flexibility index (Phi) is 6.37. The fourth-order valence-electron chi connectivity index (χ4n) is 4.12. The second-order valence-corrected chi connectivity index (χ2v) is 9.14. The maximum Gasteiger partial charge on any atom is 0.294 e. The summed E-state index contributed by atoms with van der Waals surface area (Å²) in [6.45, 7) is 1.57. The van der Waals surface area contributed by atoms with Crippen LogP contribution in [0.15, 0.2) is 53.3 Å². The summed E-state index contributed by atoms with van der Waals surface area (Å²) in [6, 6.07) is 14.7. The minimum atomic E-state index is -0.417. The number of nitrogens with zero attached hydrogens (tertiary/aromatic N) is 4. The van der Waals surface area contributed by atoms with Crippen LogP contribution in [0.1, 0.15) is 12.8 Å². The quantitative estimate of drug-likeness (QED) is 0.420. The van der Waals surface area contributed by atoms with Crippen molar-refractivity contribution >= 4 is 38.3 Å². The Morgan fingerprint density at radius 3 is 2.57 bits per heavy atom. The third-order valence-corrected chi connectivity index (χ3v) is 7.01. The molecule has 0 bridgehead atoms. The number of carbonyl (C=O) groups excluding carboxylic acids is 1. The van der Waals surface area contributed by atoms with Gasteiger partial charge in [-0.05, 0) is 25.0 Å². The Morgan fingerprint density at radius 2 is 1.86 bits per heavy atom. The number of thiazole rings is 1. The van der Waals surface area contributed by atoms with E-state index in [2.05, 4.69) is 20.3 Å². The first-order valence-corrected chi connectivity index (χ1v) is 12.1. The van der Waals surface area contributed by atoms with Gasteiger partial charge in [-0.25, -0.2) is 9.67 Å². The predicted octanol–water partition coefficient (Wildman–Crippen LogP) is 3.78. The van der Waals surface area contributed by atoms with Gasteiger partial charge in [0.25, 0.3) is 5.56 Å². The van der Waals surface area contributed by atoms with Gasteiger partial charge >= 0.3 is 0 Å². The maximum absolute atomic E-state index is 13.4. The highest BCUT2D eigenvalue weighted by atomic mass is 32.1. The molecule has 0 atom stereocenters. The van der Waals surface area contributed by atoms with Crippen molar-refractivity contribution in [2.75, 3.05) is 37.5 Å². The summed E-state index contributed by atoms with van der Waals surface area (Å²) < 4.78 is 12.5. The molecule has 9 nitrogen and oxygen atoms in total. The lowest BCUT2D eigenvalue weighted by atomic mass is 10.1. The fourth-order valence-corrected chi connectivity index (χ4v) is 5.24. The topological polar surface area (TPSA) is 98.6 Å². The lowest BCUT2D eigenvalue weighted by Gasteiger charge is -2.12. The van der Waals surface area contributed by atoms with Gasteiger partial charge in [0, 0.05) is 24.7 Å².